The highest BCUT2D eigenvalue weighted by atomic mass is 16.2. The molecule has 0 fully saturated rings. The van der Waals surface area contributed by atoms with Crippen LogP contribution >= 0.6 is 0 Å². The van der Waals surface area contributed by atoms with Gasteiger partial charge >= 0.3 is 0 Å². The number of hydrogen-bond donors (Lipinski definition) is 1. The Morgan fingerprint density at radius 2 is 2.14 bits per heavy atom. The molecule has 1 heteroatoms. The third-order valence-electron chi connectivity index (χ3n) is 0.793. The smallest absolute Gasteiger partial charge is 0.0794 e. The Balaban J connectivity index is 3.58. The molecule has 0 aromatic rings. The molecule has 0 aliphatic rings. The fourth-order valence-corrected chi connectivity index (χ4v) is 0.214. The van der Waals surface area contributed by atoms with Crippen LogP contribution in [-0.2, 0) is 0 Å². The van der Waals surface area contributed by atoms with E-state index in [-0.39, 0.29) is 0 Å². The van der Waals surface area contributed by atoms with Gasteiger partial charge in [0.05, 0.1) is 6.26 Å². The van der Waals surface area contributed by atoms with Gasteiger partial charge in [0.2, 0.25) is 0 Å². The van der Waals surface area contributed by atoms with Gasteiger partial charge in [-0.05, 0) is 19.9 Å². The van der Waals surface area contributed by atoms with Gasteiger partial charge in [-0.25, -0.2) is 0 Å². The first-order valence-corrected chi connectivity index (χ1v) is 2.25. The molecule has 0 rings (SSSR count). The molecule has 1 nitrogen and oxygen atoms in total. The molecule has 0 amide bonds. The van der Waals surface area contributed by atoms with E-state index in [2.05, 4.69) is 0 Å². The number of allylic oxidation sites excluding steroid dienone is 3. The van der Waals surface area contributed by atoms with Crippen LogP contribution in [-0.4, -0.2) is 5.11 Å². The van der Waals surface area contributed by atoms with Crippen molar-refractivity contribution in [2.45, 2.75) is 13.8 Å². The highest BCUT2D eigenvalue weighted by Gasteiger charge is 1.71. The molecule has 0 aromatic heterocycles. The van der Waals surface area contributed by atoms with Crippen molar-refractivity contribution < 1.29 is 5.11 Å². The summed E-state index contributed by atoms with van der Waals surface area (Å²) in [5.74, 6) is 0. The fourth-order valence-electron chi connectivity index (χ4n) is 0.214. The van der Waals surface area contributed by atoms with Gasteiger partial charge in [-0.2, -0.15) is 0 Å². The predicted octanol–water partition coefficient (Wildman–Crippen LogP) is 2.02. The van der Waals surface area contributed by atoms with Gasteiger partial charge in [-0.3, -0.25) is 0 Å². The van der Waals surface area contributed by atoms with Crippen molar-refractivity contribution in [3.8, 4) is 0 Å². The fraction of sp³-hybridized carbons (Fsp3) is 0.333. The van der Waals surface area contributed by atoms with Gasteiger partial charge in [0, 0.05) is 0 Å². The molecule has 0 unspecified atom stereocenters. The average molecular weight is 98.1 g/mol. The molecule has 0 bridgehead atoms. The van der Waals surface area contributed by atoms with Crippen LogP contribution < -0.4 is 0 Å². The molecule has 7 heavy (non-hydrogen) atoms. The molecular formula is C6H10O. The molecule has 0 heterocycles. The predicted molar refractivity (Wildman–Crippen MR) is 31.2 cm³/mol. The highest BCUT2D eigenvalue weighted by molar-refractivity contribution is 5.12. The van der Waals surface area contributed by atoms with Crippen LogP contribution in [0, 0.1) is 0 Å². The van der Waals surface area contributed by atoms with E-state index in [4.69, 9.17) is 5.11 Å². The summed E-state index contributed by atoms with van der Waals surface area (Å²) in [7, 11) is 0. The molecule has 0 aliphatic carbocycles. The summed E-state index contributed by atoms with van der Waals surface area (Å²) in [5.41, 5.74) is 1.07. The molecule has 0 aromatic carbocycles. The van der Waals surface area contributed by atoms with Gasteiger partial charge in [-0.1, -0.05) is 11.6 Å². The Bertz CT molecular complexity index is 90.4. The van der Waals surface area contributed by atoms with Gasteiger partial charge in [0.1, 0.15) is 0 Å². The standard InChI is InChI=1S/C6H10O/c1-3-6(2)4-5-7/h3-5,7H,1-2H3/b5-4-,6-3+. The second-order valence-corrected chi connectivity index (χ2v) is 1.35. The topological polar surface area (TPSA) is 20.2 Å². The summed E-state index contributed by atoms with van der Waals surface area (Å²) >= 11 is 0. The van der Waals surface area contributed by atoms with Crippen molar-refractivity contribution in [1.82, 2.24) is 0 Å². The van der Waals surface area contributed by atoms with Crippen molar-refractivity contribution in [2.75, 3.05) is 0 Å². The lowest BCUT2D eigenvalue weighted by atomic mass is 10.3. The van der Waals surface area contributed by atoms with Crippen molar-refractivity contribution in [3.63, 3.8) is 0 Å². The molecular weight excluding hydrogens is 88.1 g/mol. The summed E-state index contributed by atoms with van der Waals surface area (Å²) < 4.78 is 0. The normalized spacial score (nSPS) is 13.1. The maximum absolute atomic E-state index is 8.15. The summed E-state index contributed by atoms with van der Waals surface area (Å²) in [4.78, 5) is 0. The number of aliphatic hydroxyl groups excluding tert-OH is 1. The first-order valence-electron chi connectivity index (χ1n) is 2.25. The SMILES string of the molecule is C/C=C(C)/C=C\O. The van der Waals surface area contributed by atoms with E-state index in [9.17, 15) is 0 Å². The molecule has 0 saturated heterocycles. The zero-order valence-electron chi connectivity index (χ0n) is 4.68. The lowest BCUT2D eigenvalue weighted by Gasteiger charge is -1.80. The van der Waals surface area contributed by atoms with Gasteiger partial charge < -0.3 is 5.11 Å². The van der Waals surface area contributed by atoms with Crippen LogP contribution in [0.2, 0.25) is 0 Å². The van der Waals surface area contributed by atoms with E-state index in [1.165, 1.54) is 0 Å². The Hall–Kier alpha value is -0.720. The lowest BCUT2D eigenvalue weighted by molar-refractivity contribution is 0.473. The van der Waals surface area contributed by atoms with Crippen LogP contribution in [0.3, 0.4) is 0 Å². The second-order valence-electron chi connectivity index (χ2n) is 1.35. The van der Waals surface area contributed by atoms with Crippen LogP contribution in [0.4, 0.5) is 0 Å². The van der Waals surface area contributed by atoms with Crippen LogP contribution in [0.25, 0.3) is 0 Å². The first-order chi connectivity index (χ1) is 3.31. The van der Waals surface area contributed by atoms with E-state index in [1.807, 2.05) is 19.9 Å². The quantitative estimate of drug-likeness (QED) is 0.393. The molecule has 0 atom stereocenters. The van der Waals surface area contributed by atoms with E-state index in [1.54, 1.807) is 6.08 Å². The minimum atomic E-state index is 1.04. The molecule has 0 radical (unpaired) electrons. The molecule has 1 N–H and O–H groups in total. The van der Waals surface area contributed by atoms with Crippen molar-refractivity contribution in [2.24, 2.45) is 0 Å². The van der Waals surface area contributed by atoms with Crippen LogP contribution in [0.1, 0.15) is 13.8 Å². The summed E-state index contributed by atoms with van der Waals surface area (Å²) in [6.45, 7) is 3.85. The van der Waals surface area contributed by atoms with Crippen LogP contribution in [0.5, 0.6) is 0 Å². The third kappa shape index (κ3) is 3.10. The van der Waals surface area contributed by atoms with E-state index < -0.39 is 0 Å². The number of aliphatic hydroxyl groups is 1. The summed E-state index contributed by atoms with van der Waals surface area (Å²) in [5, 5.41) is 8.15. The van der Waals surface area contributed by atoms with Crippen molar-refractivity contribution >= 4 is 0 Å². The Kier molecular flexibility index (Phi) is 3.11. The van der Waals surface area contributed by atoms with E-state index in [0.717, 1.165) is 11.8 Å². The lowest BCUT2D eigenvalue weighted by Crippen LogP contribution is -1.61. The molecule has 0 spiro atoms. The van der Waals surface area contributed by atoms with Crippen molar-refractivity contribution in [3.05, 3.63) is 24.0 Å². The van der Waals surface area contributed by atoms with Gasteiger partial charge in [-0.15, -0.1) is 0 Å². The van der Waals surface area contributed by atoms with E-state index in [0.29, 0.717) is 0 Å². The van der Waals surface area contributed by atoms with Crippen molar-refractivity contribution in [1.29, 1.82) is 0 Å². The second kappa shape index (κ2) is 3.47. The summed E-state index contributed by atoms with van der Waals surface area (Å²) in [6.07, 6.45) is 4.60. The monoisotopic (exact) mass is 98.1 g/mol. The average Bonchev–Trinajstić information content (AvgIpc) is 1.68. The van der Waals surface area contributed by atoms with Crippen LogP contribution in [0.15, 0.2) is 24.0 Å². The van der Waals surface area contributed by atoms with Gasteiger partial charge in [0.15, 0.2) is 0 Å². The molecule has 0 aliphatic heterocycles. The minimum Gasteiger partial charge on any atom is -0.516 e. The maximum atomic E-state index is 8.15. The maximum Gasteiger partial charge on any atom is 0.0794 e. The number of rotatable bonds is 1. The highest BCUT2D eigenvalue weighted by Crippen LogP contribution is 1.90. The van der Waals surface area contributed by atoms with E-state index >= 15 is 0 Å². The third-order valence-corrected chi connectivity index (χ3v) is 0.793. The first kappa shape index (κ1) is 6.28. The largest absolute Gasteiger partial charge is 0.516 e. The minimum absolute atomic E-state index is 1.04. The number of hydrogen-bond acceptors (Lipinski definition) is 1. The zero-order valence-corrected chi connectivity index (χ0v) is 4.68. The Labute approximate surface area is 44.0 Å². The Morgan fingerprint density at radius 1 is 1.57 bits per heavy atom. The molecule has 40 valence electrons. The zero-order chi connectivity index (χ0) is 5.70. The van der Waals surface area contributed by atoms with Gasteiger partial charge in [0.25, 0.3) is 0 Å². The summed E-state index contributed by atoms with van der Waals surface area (Å²) in [6, 6.07) is 0. The Morgan fingerprint density at radius 3 is 2.29 bits per heavy atom. The molecule has 0 saturated carbocycles.